The summed E-state index contributed by atoms with van der Waals surface area (Å²) in [5, 5.41) is 1.48. The van der Waals surface area contributed by atoms with Crippen molar-refractivity contribution >= 4 is 11.9 Å². The Hall–Kier alpha value is -1.77. The number of amides is 1. The van der Waals surface area contributed by atoms with Gasteiger partial charge in [-0.1, -0.05) is 0 Å². The number of aromatic nitrogens is 2. The van der Waals surface area contributed by atoms with Gasteiger partial charge >= 0.3 is 0 Å². The molecule has 1 amide bonds. The molecule has 1 aromatic rings. The summed E-state index contributed by atoms with van der Waals surface area (Å²) in [7, 11) is 1.98. The van der Waals surface area contributed by atoms with Crippen LogP contribution in [0.1, 0.15) is 6.42 Å². The molecular formula is C15H21N5O3. The molecular weight excluding hydrogens is 298 g/mol. The summed E-state index contributed by atoms with van der Waals surface area (Å²) in [4.78, 5) is 30.5. The standard InChI is InChI=1S/C15H21N5O3/c1-18-9-15(10-19(11-15)14-16-4-2-5-17-14)22-8-12(18)13(21)20-6-3-7-23-20/h2,4-5,12H,3,6-11H2,1H3/t12-/m1/s1. The van der Waals surface area contributed by atoms with Crippen LogP contribution in [0.15, 0.2) is 18.5 Å². The highest BCUT2D eigenvalue weighted by atomic mass is 16.7. The molecule has 0 unspecified atom stereocenters. The van der Waals surface area contributed by atoms with Gasteiger partial charge in [0.05, 0.1) is 32.8 Å². The van der Waals surface area contributed by atoms with Crippen LogP contribution in [0.5, 0.6) is 0 Å². The van der Waals surface area contributed by atoms with E-state index >= 15 is 0 Å². The summed E-state index contributed by atoms with van der Waals surface area (Å²) in [5.74, 6) is 0.732. The minimum Gasteiger partial charge on any atom is -0.368 e. The number of likely N-dealkylation sites (N-methyl/N-ethyl adjacent to an activating group) is 1. The van der Waals surface area contributed by atoms with Crippen molar-refractivity contribution in [2.45, 2.75) is 18.1 Å². The fourth-order valence-corrected chi connectivity index (χ4v) is 3.48. The third kappa shape index (κ3) is 2.66. The van der Waals surface area contributed by atoms with E-state index in [9.17, 15) is 4.79 Å². The van der Waals surface area contributed by atoms with E-state index in [1.807, 2.05) is 7.05 Å². The Balaban J connectivity index is 1.36. The zero-order valence-electron chi connectivity index (χ0n) is 13.2. The molecule has 0 bridgehead atoms. The number of anilines is 1. The Morgan fingerprint density at radius 2 is 2.09 bits per heavy atom. The first-order chi connectivity index (χ1) is 11.2. The van der Waals surface area contributed by atoms with Gasteiger partial charge in [0.2, 0.25) is 5.95 Å². The summed E-state index contributed by atoms with van der Waals surface area (Å²) >= 11 is 0. The molecule has 23 heavy (non-hydrogen) atoms. The summed E-state index contributed by atoms with van der Waals surface area (Å²) in [6.45, 7) is 3.93. The Morgan fingerprint density at radius 3 is 2.74 bits per heavy atom. The first kappa shape index (κ1) is 14.8. The lowest BCUT2D eigenvalue weighted by Crippen LogP contribution is -2.72. The van der Waals surface area contributed by atoms with Crippen molar-refractivity contribution in [2.24, 2.45) is 0 Å². The molecule has 0 aromatic carbocycles. The van der Waals surface area contributed by atoms with Gasteiger partial charge in [0.1, 0.15) is 11.6 Å². The number of carbonyl (C=O) groups excluding carboxylic acids is 1. The van der Waals surface area contributed by atoms with E-state index in [0.717, 1.165) is 32.0 Å². The molecule has 8 heteroatoms. The lowest BCUT2D eigenvalue weighted by Gasteiger charge is -2.54. The number of ether oxygens (including phenoxy) is 1. The van der Waals surface area contributed by atoms with Crippen LogP contribution < -0.4 is 4.90 Å². The van der Waals surface area contributed by atoms with E-state index in [1.54, 1.807) is 18.5 Å². The third-order valence-corrected chi connectivity index (χ3v) is 4.69. The molecule has 4 rings (SSSR count). The predicted octanol–water partition coefficient (Wildman–Crippen LogP) is -0.470. The summed E-state index contributed by atoms with van der Waals surface area (Å²) < 4.78 is 6.07. The second-order valence-electron chi connectivity index (χ2n) is 6.46. The van der Waals surface area contributed by atoms with Crippen LogP contribution >= 0.6 is 0 Å². The zero-order chi connectivity index (χ0) is 15.9. The van der Waals surface area contributed by atoms with Gasteiger partial charge in [0, 0.05) is 18.9 Å². The molecule has 8 nitrogen and oxygen atoms in total. The van der Waals surface area contributed by atoms with Crippen molar-refractivity contribution in [2.75, 3.05) is 51.3 Å². The molecule has 124 valence electrons. The van der Waals surface area contributed by atoms with Crippen molar-refractivity contribution in [1.82, 2.24) is 19.9 Å². The fourth-order valence-electron chi connectivity index (χ4n) is 3.48. The summed E-state index contributed by atoms with van der Waals surface area (Å²) in [6.07, 6.45) is 4.39. The molecule has 0 N–H and O–H groups in total. The van der Waals surface area contributed by atoms with Crippen molar-refractivity contribution < 1.29 is 14.4 Å². The van der Waals surface area contributed by atoms with E-state index in [0.29, 0.717) is 19.8 Å². The summed E-state index contributed by atoms with van der Waals surface area (Å²) in [6, 6.07) is 1.54. The van der Waals surface area contributed by atoms with Crippen molar-refractivity contribution in [1.29, 1.82) is 0 Å². The molecule has 0 radical (unpaired) electrons. The number of nitrogens with zero attached hydrogens (tertiary/aromatic N) is 5. The lowest BCUT2D eigenvalue weighted by atomic mass is 9.91. The number of rotatable bonds is 2. The number of hydrogen-bond acceptors (Lipinski definition) is 7. The molecule has 3 saturated heterocycles. The van der Waals surface area contributed by atoms with Gasteiger partial charge < -0.3 is 9.64 Å². The highest BCUT2D eigenvalue weighted by Crippen LogP contribution is 2.32. The molecule has 4 heterocycles. The largest absolute Gasteiger partial charge is 0.368 e. The van der Waals surface area contributed by atoms with Gasteiger partial charge in [-0.05, 0) is 19.5 Å². The van der Waals surface area contributed by atoms with E-state index in [4.69, 9.17) is 9.57 Å². The quantitative estimate of drug-likeness (QED) is 0.730. The predicted molar refractivity (Wildman–Crippen MR) is 81.6 cm³/mol. The highest BCUT2D eigenvalue weighted by Gasteiger charge is 2.51. The van der Waals surface area contributed by atoms with Crippen LogP contribution in [-0.4, -0.2) is 83.9 Å². The second-order valence-corrected chi connectivity index (χ2v) is 6.46. The van der Waals surface area contributed by atoms with Crippen LogP contribution in [0.2, 0.25) is 0 Å². The van der Waals surface area contributed by atoms with Gasteiger partial charge in [0.25, 0.3) is 5.91 Å². The normalized spacial score (nSPS) is 27.3. The molecule has 0 saturated carbocycles. The summed E-state index contributed by atoms with van der Waals surface area (Å²) in [5.41, 5.74) is -0.226. The molecule has 1 spiro atoms. The van der Waals surface area contributed by atoms with Gasteiger partial charge in [-0.2, -0.15) is 0 Å². The van der Waals surface area contributed by atoms with E-state index < -0.39 is 0 Å². The highest BCUT2D eigenvalue weighted by molar-refractivity contribution is 5.81. The van der Waals surface area contributed by atoms with Crippen LogP contribution in [-0.2, 0) is 14.4 Å². The van der Waals surface area contributed by atoms with Crippen molar-refractivity contribution in [3.8, 4) is 0 Å². The third-order valence-electron chi connectivity index (χ3n) is 4.69. The number of hydrogen-bond donors (Lipinski definition) is 0. The SMILES string of the molecule is CN1CC2(CN(c3ncccn3)C2)OC[C@@H]1C(=O)N1CCCO1. The first-order valence-corrected chi connectivity index (χ1v) is 7.97. The average molecular weight is 319 g/mol. The van der Waals surface area contributed by atoms with Gasteiger partial charge in [0.15, 0.2) is 0 Å². The molecule has 1 aromatic heterocycles. The van der Waals surface area contributed by atoms with Crippen LogP contribution in [0.3, 0.4) is 0 Å². The molecule has 0 aliphatic carbocycles. The van der Waals surface area contributed by atoms with Crippen LogP contribution in [0.25, 0.3) is 0 Å². The topological polar surface area (TPSA) is 71.0 Å². The maximum atomic E-state index is 12.5. The molecule has 3 aliphatic heterocycles. The fraction of sp³-hybridized carbons (Fsp3) is 0.667. The number of carbonyl (C=O) groups is 1. The Kier molecular flexibility index (Phi) is 3.67. The average Bonchev–Trinajstić information content (AvgIpc) is 3.07. The maximum absolute atomic E-state index is 12.5. The Morgan fingerprint density at radius 1 is 1.30 bits per heavy atom. The first-order valence-electron chi connectivity index (χ1n) is 7.97. The van der Waals surface area contributed by atoms with Crippen LogP contribution in [0.4, 0.5) is 5.95 Å². The molecule has 3 aliphatic rings. The minimum absolute atomic E-state index is 0.00224. The monoisotopic (exact) mass is 319 g/mol. The Labute approximate surface area is 134 Å². The maximum Gasteiger partial charge on any atom is 0.265 e. The number of morpholine rings is 1. The van der Waals surface area contributed by atoms with Crippen LogP contribution in [0, 0.1) is 0 Å². The second kappa shape index (κ2) is 5.70. The van der Waals surface area contributed by atoms with E-state index in [-0.39, 0.29) is 17.6 Å². The van der Waals surface area contributed by atoms with Crippen molar-refractivity contribution in [3.05, 3.63) is 18.5 Å². The molecule has 1 atom stereocenters. The van der Waals surface area contributed by atoms with Gasteiger partial charge in [-0.25, -0.2) is 15.0 Å². The van der Waals surface area contributed by atoms with Crippen molar-refractivity contribution in [3.63, 3.8) is 0 Å². The zero-order valence-corrected chi connectivity index (χ0v) is 13.2. The van der Waals surface area contributed by atoms with E-state index in [2.05, 4.69) is 19.8 Å². The van der Waals surface area contributed by atoms with Gasteiger partial charge in [-0.3, -0.25) is 14.5 Å². The minimum atomic E-state index is -0.263. The smallest absolute Gasteiger partial charge is 0.265 e. The molecule has 3 fully saturated rings. The lowest BCUT2D eigenvalue weighted by molar-refractivity contribution is -0.191. The Bertz CT molecular complexity index is 572. The van der Waals surface area contributed by atoms with E-state index in [1.165, 1.54) is 5.06 Å². The van der Waals surface area contributed by atoms with Gasteiger partial charge in [-0.15, -0.1) is 0 Å². The number of hydroxylamine groups is 2.